The first-order valence-electron chi connectivity index (χ1n) is 20.5. The van der Waals surface area contributed by atoms with Crippen LogP contribution in [0.15, 0.2) is 88.5 Å². The number of hydrogen-bond donors (Lipinski definition) is 2. The van der Waals surface area contributed by atoms with E-state index in [-0.39, 0.29) is 81.7 Å². The fourth-order valence-electron chi connectivity index (χ4n) is 1.98. The van der Waals surface area contributed by atoms with Gasteiger partial charge in [0.15, 0.2) is 5.89 Å². The quantitative estimate of drug-likeness (QED) is 0.205. The van der Waals surface area contributed by atoms with Crippen molar-refractivity contribution >= 4 is 0 Å². The summed E-state index contributed by atoms with van der Waals surface area (Å²) in [5.74, 6) is 3.81. The Bertz CT molecular complexity index is 936. The molecule has 2 aromatic heterocycles. The van der Waals surface area contributed by atoms with Crippen molar-refractivity contribution < 1.29 is 23.0 Å². The van der Waals surface area contributed by atoms with E-state index >= 15 is 0 Å². The molecule has 0 bridgehead atoms. The molecule has 0 radical (unpaired) electrons. The van der Waals surface area contributed by atoms with E-state index in [4.69, 9.17) is 8.83 Å². The number of methoxy groups -OCH3 is 3. The highest BCUT2D eigenvalue weighted by Crippen LogP contribution is 2.18. The van der Waals surface area contributed by atoms with Gasteiger partial charge in [0.1, 0.15) is 6.26 Å². The van der Waals surface area contributed by atoms with Crippen molar-refractivity contribution in [2.45, 2.75) is 243 Å². The van der Waals surface area contributed by atoms with Crippen LogP contribution in [-0.2, 0) is 14.2 Å². The third-order valence-corrected chi connectivity index (χ3v) is 4.95. The van der Waals surface area contributed by atoms with E-state index in [0.717, 1.165) is 23.4 Å². The largest absolute Gasteiger partial charge is 0.505 e. The maximum absolute atomic E-state index is 5.38. The molecule has 10 heteroatoms. The van der Waals surface area contributed by atoms with Crippen molar-refractivity contribution in [1.82, 2.24) is 25.8 Å². The standard InChI is InChI=1S/C9H15NO.C8H14N2O.C4H9N.2C4H8O.3C4H8.C3H8.C2H7N.C2H6O.11CH4/c1-6(2)8-5-11-9(10-8)7(3)4;1-5(2)7-9-10-8(11-7)6(3)4;3*1-3-4-5-2;3*1-3-4-2;3*1-3-2;;;;;;;;;;;/h5-7H,1-4H3;5-6H,1-4H3;3-5H,1-2H3;2*3-4H,1-2H3;3*3-4H,1-2H3;3H2,1-2H3;3H,1-2H3;1-2H3;11*1H4. The van der Waals surface area contributed by atoms with Gasteiger partial charge in [0.25, 0.3) is 0 Å². The van der Waals surface area contributed by atoms with Gasteiger partial charge in [-0.1, -0.05) is 212 Å². The fraction of sp³-hybridized carbons (Fsp3) is 0.712. The SMILES string of the molecule is C.C.C.C.C.C.C.C.C.C.C.CC(C)c1coc(C(C)C)n1.CC(C)c1nnc(C(C)C)o1.CC=CC.CC=CC.CC=CC.CC=CNC.CC=COC.CC=COC.CCC.CNC.COC. The molecule has 2 aromatic rings. The van der Waals surface area contributed by atoms with Crippen molar-refractivity contribution in [3.8, 4) is 0 Å². The minimum atomic E-state index is 0. The van der Waals surface area contributed by atoms with E-state index in [9.17, 15) is 0 Å². The van der Waals surface area contributed by atoms with Gasteiger partial charge in [-0.05, 0) is 88.5 Å². The average Bonchev–Trinajstić information content (AvgIpc) is 3.91. The smallest absolute Gasteiger partial charge is 0.219 e. The van der Waals surface area contributed by atoms with E-state index in [1.807, 2.05) is 172 Å². The van der Waals surface area contributed by atoms with Crippen molar-refractivity contribution in [3.05, 3.63) is 103 Å². The summed E-state index contributed by atoms with van der Waals surface area (Å²) in [5.41, 5.74) is 1.05. The number of nitrogens with one attached hydrogen (secondary N) is 2. The summed E-state index contributed by atoms with van der Waals surface area (Å²) >= 11 is 0. The molecule has 0 amide bonds. The number of oxazole rings is 1. The molecule has 0 saturated heterocycles. The Labute approximate surface area is 443 Å². The molecule has 10 nitrogen and oxygen atoms in total. The van der Waals surface area contributed by atoms with Crippen molar-refractivity contribution in [1.29, 1.82) is 0 Å². The molecule has 69 heavy (non-hydrogen) atoms. The number of allylic oxidation sites excluding steroid dienone is 9. The van der Waals surface area contributed by atoms with E-state index in [0.29, 0.717) is 23.7 Å². The van der Waals surface area contributed by atoms with Crippen LogP contribution in [0.5, 0.6) is 0 Å². The van der Waals surface area contributed by atoms with E-state index in [1.165, 1.54) is 6.42 Å². The molecule has 0 fully saturated rings. The third kappa shape index (κ3) is 162. The Morgan fingerprint density at radius 1 is 0.464 bits per heavy atom. The summed E-state index contributed by atoms with van der Waals surface area (Å²) in [7, 11) is 12.1. The van der Waals surface area contributed by atoms with Gasteiger partial charge in [0.2, 0.25) is 11.8 Å². The third-order valence-electron chi connectivity index (χ3n) is 4.95. The lowest BCUT2D eigenvalue weighted by Gasteiger charge is -1.96. The van der Waals surface area contributed by atoms with Gasteiger partial charge >= 0.3 is 0 Å². The van der Waals surface area contributed by atoms with Gasteiger partial charge in [-0.15, -0.1) is 10.2 Å². The highest BCUT2D eigenvalue weighted by molar-refractivity contribution is 5.03. The first-order chi connectivity index (χ1) is 27.4. The molecule has 2 heterocycles. The Hall–Kier alpha value is -3.89. The van der Waals surface area contributed by atoms with E-state index in [2.05, 4.69) is 81.6 Å². The topological polar surface area (TPSA) is 117 Å². The van der Waals surface area contributed by atoms with Crippen LogP contribution in [0.25, 0.3) is 0 Å². The van der Waals surface area contributed by atoms with Gasteiger partial charge in [0, 0.05) is 39.0 Å². The van der Waals surface area contributed by atoms with Crippen LogP contribution in [0.4, 0.5) is 0 Å². The lowest BCUT2D eigenvalue weighted by molar-refractivity contribution is 0.277. The molecule has 0 aromatic carbocycles. The number of nitrogens with zero attached hydrogens (tertiary/aromatic N) is 3. The summed E-state index contributed by atoms with van der Waals surface area (Å²) in [6.07, 6.45) is 25.7. The Balaban J connectivity index is -0.0000000217. The van der Waals surface area contributed by atoms with Gasteiger partial charge in [-0.25, -0.2) is 4.98 Å². The maximum atomic E-state index is 5.38. The molecule has 0 unspecified atom stereocenters. The monoisotopic (exact) mass is 1000 g/mol. The summed E-state index contributed by atoms with van der Waals surface area (Å²) in [6.45, 7) is 38.6. The molecule has 0 spiro atoms. The lowest BCUT2D eigenvalue weighted by atomic mass is 10.1. The van der Waals surface area contributed by atoms with Gasteiger partial charge < -0.3 is 33.7 Å². The molecule has 0 atom stereocenters. The Morgan fingerprint density at radius 3 is 0.783 bits per heavy atom. The molecule has 434 valence electrons. The van der Waals surface area contributed by atoms with Crippen LogP contribution >= 0.6 is 0 Å². The van der Waals surface area contributed by atoms with Crippen LogP contribution in [0.2, 0.25) is 0 Å². The van der Waals surface area contributed by atoms with Gasteiger partial charge in [-0.2, -0.15) is 0 Å². The summed E-state index contributed by atoms with van der Waals surface area (Å²) in [4.78, 5) is 4.34. The fourth-order valence-corrected chi connectivity index (χ4v) is 1.98. The number of aromatic nitrogens is 3. The molecular formula is C59H143N5O5. The average molecular weight is 1000 g/mol. The molecule has 0 aliphatic rings. The molecule has 2 rings (SSSR count). The van der Waals surface area contributed by atoms with E-state index in [1.54, 1.807) is 47.2 Å². The molecule has 2 N–H and O–H groups in total. The Morgan fingerprint density at radius 2 is 0.710 bits per heavy atom. The molecular weight excluding hydrogens is 859 g/mol. The molecule has 0 aliphatic carbocycles. The van der Waals surface area contributed by atoms with Gasteiger partial charge in [0.05, 0.1) is 32.4 Å². The lowest BCUT2D eigenvalue weighted by Crippen LogP contribution is -1.90. The first kappa shape index (κ1) is 132. The maximum Gasteiger partial charge on any atom is 0.219 e. The zero-order chi connectivity index (χ0) is 47.6. The number of hydrogen-bond acceptors (Lipinski definition) is 10. The van der Waals surface area contributed by atoms with Crippen molar-refractivity contribution in [2.75, 3.05) is 49.6 Å². The van der Waals surface area contributed by atoms with Crippen LogP contribution < -0.4 is 10.6 Å². The minimum absolute atomic E-state index is 0. The van der Waals surface area contributed by atoms with Crippen LogP contribution in [0, 0.1) is 0 Å². The van der Waals surface area contributed by atoms with Gasteiger partial charge in [-0.3, -0.25) is 0 Å². The van der Waals surface area contributed by atoms with Crippen LogP contribution in [-0.4, -0.2) is 64.8 Å². The summed E-state index contributed by atoms with van der Waals surface area (Å²) in [5, 5.41) is 13.4. The molecule has 0 aliphatic heterocycles. The highest BCUT2D eigenvalue weighted by atomic mass is 16.5. The second-order valence-corrected chi connectivity index (χ2v) is 12.5. The Kier molecular flexibility index (Phi) is 250. The minimum Gasteiger partial charge on any atom is -0.505 e. The first-order valence-corrected chi connectivity index (χ1v) is 20.5. The predicted molar refractivity (Wildman–Crippen MR) is 334 cm³/mol. The number of rotatable bonds is 7. The normalized spacial score (nSPS) is 8.09. The van der Waals surface area contributed by atoms with Crippen LogP contribution in [0.1, 0.15) is 267 Å². The van der Waals surface area contributed by atoms with E-state index < -0.39 is 0 Å². The zero-order valence-electron chi connectivity index (χ0n) is 42.9. The summed E-state index contributed by atoms with van der Waals surface area (Å²) in [6, 6.07) is 0. The van der Waals surface area contributed by atoms with Crippen molar-refractivity contribution in [3.63, 3.8) is 0 Å². The van der Waals surface area contributed by atoms with Crippen LogP contribution in [0.3, 0.4) is 0 Å². The predicted octanol–water partition coefficient (Wildman–Crippen LogP) is 21.6. The highest BCUT2D eigenvalue weighted by Gasteiger charge is 2.11. The van der Waals surface area contributed by atoms with Crippen molar-refractivity contribution in [2.24, 2.45) is 0 Å². The zero-order valence-corrected chi connectivity index (χ0v) is 42.9. The second-order valence-electron chi connectivity index (χ2n) is 12.5. The molecule has 0 saturated carbocycles. The summed E-state index contributed by atoms with van der Waals surface area (Å²) < 4.78 is 23.9. The second kappa shape index (κ2) is 131. The number of ether oxygens (including phenoxy) is 3.